The molecule has 0 atom stereocenters. The molecular formula is C23H21Cl2N5. The largest absolute Gasteiger partial charge is 0.350 e. The molecule has 0 radical (unpaired) electrons. The first-order chi connectivity index (χ1) is 14.7. The van der Waals surface area contributed by atoms with Gasteiger partial charge in [0.05, 0.1) is 5.02 Å². The number of hydrogen-bond donors (Lipinski definition) is 1. The molecule has 0 amide bonds. The van der Waals surface area contributed by atoms with Crippen molar-refractivity contribution in [1.29, 1.82) is 0 Å². The van der Waals surface area contributed by atoms with Crippen LogP contribution in [0.25, 0.3) is 28.0 Å². The van der Waals surface area contributed by atoms with Crippen LogP contribution in [0.1, 0.15) is 32.1 Å². The van der Waals surface area contributed by atoms with Crippen molar-refractivity contribution in [3.63, 3.8) is 0 Å². The summed E-state index contributed by atoms with van der Waals surface area (Å²) < 4.78 is 1.78. The molecule has 5 nitrogen and oxygen atoms in total. The molecule has 2 aromatic heterocycles. The Hall–Kier alpha value is -2.63. The quantitative estimate of drug-likeness (QED) is 0.395. The van der Waals surface area contributed by atoms with E-state index in [4.69, 9.17) is 28.3 Å². The van der Waals surface area contributed by atoms with Crippen LogP contribution in [0.4, 0.5) is 5.95 Å². The van der Waals surface area contributed by atoms with Crippen LogP contribution in [0.2, 0.25) is 10.0 Å². The van der Waals surface area contributed by atoms with Crippen LogP contribution < -0.4 is 5.32 Å². The number of rotatable bonds is 4. The minimum Gasteiger partial charge on any atom is -0.350 e. The Bertz CT molecular complexity index is 1180. The summed E-state index contributed by atoms with van der Waals surface area (Å²) in [7, 11) is 0. The van der Waals surface area contributed by atoms with Gasteiger partial charge < -0.3 is 5.32 Å². The molecule has 0 bridgehead atoms. The molecule has 0 aliphatic heterocycles. The molecule has 4 aromatic rings. The van der Waals surface area contributed by atoms with Crippen LogP contribution in [-0.2, 0) is 0 Å². The minimum absolute atomic E-state index is 0.410. The van der Waals surface area contributed by atoms with Crippen molar-refractivity contribution in [3.8, 4) is 22.4 Å². The molecule has 1 N–H and O–H groups in total. The predicted molar refractivity (Wildman–Crippen MR) is 122 cm³/mol. The van der Waals surface area contributed by atoms with Gasteiger partial charge >= 0.3 is 0 Å². The Morgan fingerprint density at radius 2 is 1.63 bits per heavy atom. The van der Waals surface area contributed by atoms with E-state index in [1.54, 1.807) is 4.52 Å². The number of benzene rings is 2. The van der Waals surface area contributed by atoms with Crippen LogP contribution in [0.3, 0.4) is 0 Å². The molecule has 1 aliphatic carbocycles. The smallest absolute Gasteiger partial charge is 0.246 e. The lowest BCUT2D eigenvalue weighted by Gasteiger charge is -2.22. The van der Waals surface area contributed by atoms with Crippen molar-refractivity contribution >= 4 is 34.8 Å². The molecule has 7 heteroatoms. The van der Waals surface area contributed by atoms with Gasteiger partial charge in [-0.15, -0.1) is 10.2 Å². The van der Waals surface area contributed by atoms with Gasteiger partial charge in [-0.3, -0.25) is 0 Å². The summed E-state index contributed by atoms with van der Waals surface area (Å²) in [6.07, 6.45) is 6.09. The van der Waals surface area contributed by atoms with Crippen molar-refractivity contribution in [2.45, 2.75) is 38.1 Å². The average Bonchev–Trinajstić information content (AvgIpc) is 3.16. The zero-order valence-electron chi connectivity index (χ0n) is 16.4. The highest BCUT2D eigenvalue weighted by atomic mass is 35.5. The maximum atomic E-state index is 6.55. The maximum absolute atomic E-state index is 6.55. The zero-order valence-corrected chi connectivity index (χ0v) is 17.9. The molecule has 2 heterocycles. The average molecular weight is 438 g/mol. The normalized spacial score (nSPS) is 14.9. The molecule has 1 aliphatic rings. The van der Waals surface area contributed by atoms with E-state index in [-0.39, 0.29) is 0 Å². The van der Waals surface area contributed by atoms with E-state index in [2.05, 4.69) is 15.5 Å². The predicted octanol–water partition coefficient (Wildman–Crippen LogP) is 6.51. The number of halogens is 2. The minimum atomic E-state index is 0.410. The van der Waals surface area contributed by atoms with Gasteiger partial charge in [-0.05, 0) is 42.7 Å². The van der Waals surface area contributed by atoms with Crippen LogP contribution in [0.5, 0.6) is 0 Å². The molecule has 30 heavy (non-hydrogen) atoms. The summed E-state index contributed by atoms with van der Waals surface area (Å²) in [4.78, 5) is 0. The fraction of sp³-hybridized carbons (Fsp3) is 0.261. The van der Waals surface area contributed by atoms with Gasteiger partial charge in [-0.25, -0.2) is 0 Å². The molecule has 1 fully saturated rings. The Morgan fingerprint density at radius 1 is 0.867 bits per heavy atom. The van der Waals surface area contributed by atoms with E-state index in [0.29, 0.717) is 27.7 Å². The van der Waals surface area contributed by atoms with Crippen molar-refractivity contribution in [2.75, 3.05) is 5.32 Å². The van der Waals surface area contributed by atoms with E-state index in [1.165, 1.54) is 19.3 Å². The van der Waals surface area contributed by atoms with Gasteiger partial charge in [0.25, 0.3) is 0 Å². The highest BCUT2D eigenvalue weighted by Gasteiger charge is 2.20. The highest BCUT2D eigenvalue weighted by molar-refractivity contribution is 6.33. The summed E-state index contributed by atoms with van der Waals surface area (Å²) in [5.41, 5.74) is 4.26. The van der Waals surface area contributed by atoms with Crippen molar-refractivity contribution in [1.82, 2.24) is 19.8 Å². The van der Waals surface area contributed by atoms with Crippen molar-refractivity contribution < 1.29 is 0 Å². The third kappa shape index (κ3) is 3.75. The molecule has 0 saturated heterocycles. The van der Waals surface area contributed by atoms with Crippen LogP contribution in [0.15, 0.2) is 54.6 Å². The summed E-state index contributed by atoms with van der Waals surface area (Å²) >= 11 is 12.6. The van der Waals surface area contributed by atoms with Gasteiger partial charge in [0.1, 0.15) is 5.69 Å². The molecule has 2 aromatic carbocycles. The lowest BCUT2D eigenvalue weighted by atomic mass is 9.96. The number of fused-ring (bicyclic) bond motifs is 1. The molecular weight excluding hydrogens is 417 g/mol. The molecule has 0 unspecified atom stereocenters. The van der Waals surface area contributed by atoms with Crippen LogP contribution in [-0.4, -0.2) is 25.9 Å². The molecule has 152 valence electrons. The van der Waals surface area contributed by atoms with Crippen LogP contribution >= 0.6 is 23.2 Å². The number of nitrogens with zero attached hydrogens (tertiary/aromatic N) is 4. The number of nitrogens with one attached hydrogen (secondary N) is 1. The highest BCUT2D eigenvalue weighted by Crippen LogP contribution is 2.35. The lowest BCUT2D eigenvalue weighted by molar-refractivity contribution is 0.460. The Kier molecular flexibility index (Phi) is 5.32. The van der Waals surface area contributed by atoms with E-state index < -0.39 is 0 Å². The van der Waals surface area contributed by atoms with Gasteiger partial charge in [-0.2, -0.15) is 9.61 Å². The summed E-state index contributed by atoms with van der Waals surface area (Å²) in [6.45, 7) is 0. The fourth-order valence-corrected chi connectivity index (χ4v) is 4.40. The van der Waals surface area contributed by atoms with E-state index in [0.717, 1.165) is 35.2 Å². The first-order valence-corrected chi connectivity index (χ1v) is 11.0. The Morgan fingerprint density at radius 3 is 2.40 bits per heavy atom. The molecule has 0 spiro atoms. The number of hydrogen-bond acceptors (Lipinski definition) is 4. The van der Waals surface area contributed by atoms with E-state index in [1.807, 2.05) is 54.6 Å². The van der Waals surface area contributed by atoms with E-state index >= 15 is 0 Å². The van der Waals surface area contributed by atoms with Gasteiger partial charge in [0, 0.05) is 22.2 Å². The molecule has 1 saturated carbocycles. The standard InChI is InChI=1S/C23H21Cl2N5/c24-16-12-10-15(11-13-16)19-14-21-27-28-23(26-17-6-2-1-3-7-17)30(21)29-22(19)18-8-4-5-9-20(18)25/h4-5,8-14,17H,1-3,6-7H2,(H,26,28). The first kappa shape index (κ1) is 19.3. The lowest BCUT2D eigenvalue weighted by Crippen LogP contribution is -2.23. The van der Waals surface area contributed by atoms with Gasteiger partial charge in [0.15, 0.2) is 5.65 Å². The number of aromatic nitrogens is 4. The SMILES string of the molecule is Clc1ccc(-c2cc3nnc(NC4CCCCC4)n3nc2-c2ccccc2Cl)cc1. The molecule has 5 rings (SSSR count). The monoisotopic (exact) mass is 437 g/mol. The second-order valence-corrected chi connectivity index (χ2v) is 8.51. The van der Waals surface area contributed by atoms with Crippen LogP contribution in [0, 0.1) is 0 Å². The third-order valence-electron chi connectivity index (χ3n) is 5.62. The topological polar surface area (TPSA) is 55.1 Å². The van der Waals surface area contributed by atoms with Gasteiger partial charge in [-0.1, -0.05) is 72.8 Å². The maximum Gasteiger partial charge on any atom is 0.246 e. The Balaban J connectivity index is 1.66. The summed E-state index contributed by atoms with van der Waals surface area (Å²) in [5.74, 6) is 0.674. The van der Waals surface area contributed by atoms with Crippen molar-refractivity contribution in [3.05, 3.63) is 64.6 Å². The number of anilines is 1. The fourth-order valence-electron chi connectivity index (χ4n) is 4.05. The summed E-state index contributed by atoms with van der Waals surface area (Å²) in [6, 6.07) is 17.9. The van der Waals surface area contributed by atoms with Crippen molar-refractivity contribution in [2.24, 2.45) is 0 Å². The summed E-state index contributed by atoms with van der Waals surface area (Å²) in [5, 5.41) is 18.6. The van der Waals surface area contributed by atoms with Gasteiger partial charge in [0.2, 0.25) is 5.95 Å². The second-order valence-electron chi connectivity index (χ2n) is 7.67. The zero-order chi connectivity index (χ0) is 20.5. The first-order valence-electron chi connectivity index (χ1n) is 10.2. The van der Waals surface area contributed by atoms with E-state index in [9.17, 15) is 0 Å². The second kappa shape index (κ2) is 8.25. The third-order valence-corrected chi connectivity index (χ3v) is 6.20. The Labute approximate surface area is 185 Å².